The van der Waals surface area contributed by atoms with Crippen molar-refractivity contribution in [1.29, 1.82) is 0 Å². The maximum atomic E-state index is 11.1. The van der Waals surface area contributed by atoms with Gasteiger partial charge in [-0.2, -0.15) is 0 Å². The molecule has 1 rings (SSSR count). The van der Waals surface area contributed by atoms with Crippen LogP contribution in [-0.4, -0.2) is 33.3 Å². The zero-order chi connectivity index (χ0) is 18.5. The van der Waals surface area contributed by atoms with Crippen LogP contribution < -0.4 is 0 Å². The van der Waals surface area contributed by atoms with Crippen LogP contribution in [0.2, 0.25) is 16.6 Å². The van der Waals surface area contributed by atoms with Crippen LogP contribution in [0.5, 0.6) is 0 Å². The van der Waals surface area contributed by atoms with E-state index in [0.29, 0.717) is 22.5 Å². The largest absolute Gasteiger partial charge is 0.436 e. The average molecular weight is 359 g/mol. The molecule has 0 N–H and O–H groups in total. The summed E-state index contributed by atoms with van der Waals surface area (Å²) in [6.07, 6.45) is 2.43. The van der Waals surface area contributed by atoms with Crippen LogP contribution in [0.3, 0.4) is 0 Å². The fraction of sp³-hybridized carbons (Fsp3) is 0.947. The highest BCUT2D eigenvalue weighted by molar-refractivity contribution is 6.77. The Morgan fingerprint density at radius 3 is 2.08 bits per heavy atom. The van der Waals surface area contributed by atoms with Gasteiger partial charge in [-0.1, -0.05) is 48.5 Å². The fourth-order valence-electron chi connectivity index (χ4n) is 4.46. The van der Waals surface area contributed by atoms with Crippen molar-refractivity contribution < 1.29 is 18.7 Å². The second-order valence-corrected chi connectivity index (χ2v) is 13.7. The molecule has 24 heavy (non-hydrogen) atoms. The van der Waals surface area contributed by atoms with Crippen molar-refractivity contribution in [2.24, 2.45) is 5.92 Å². The van der Waals surface area contributed by atoms with Gasteiger partial charge in [-0.25, -0.2) is 0 Å². The normalized spacial score (nSPS) is 25.5. The van der Waals surface area contributed by atoms with Crippen LogP contribution in [0, 0.1) is 5.92 Å². The van der Waals surface area contributed by atoms with E-state index >= 15 is 0 Å². The van der Waals surface area contributed by atoms with Crippen LogP contribution in [-0.2, 0) is 18.7 Å². The van der Waals surface area contributed by atoms with Crippen LogP contribution in [0.1, 0.15) is 74.7 Å². The molecule has 1 unspecified atom stereocenters. The average Bonchev–Trinajstić information content (AvgIpc) is 2.44. The molecule has 5 heteroatoms. The molecule has 142 valence electrons. The van der Waals surface area contributed by atoms with E-state index in [1.54, 1.807) is 0 Å². The van der Waals surface area contributed by atoms with Crippen LogP contribution in [0.4, 0.5) is 0 Å². The van der Waals surface area contributed by atoms with E-state index < -0.39 is 8.32 Å². The lowest BCUT2D eigenvalue weighted by Gasteiger charge is -2.43. The molecule has 0 saturated carbocycles. The monoisotopic (exact) mass is 358 g/mol. The Morgan fingerprint density at radius 1 is 1.08 bits per heavy atom. The molecule has 0 aromatic heterocycles. The third kappa shape index (κ3) is 5.30. The molecule has 1 heterocycles. The highest BCUT2D eigenvalue weighted by Crippen LogP contribution is 2.42. The highest BCUT2D eigenvalue weighted by atomic mass is 28.4. The minimum absolute atomic E-state index is 0.112. The number of esters is 1. The molecular formula is C19H38O4Si. The van der Waals surface area contributed by atoms with Crippen LogP contribution in [0.25, 0.3) is 0 Å². The van der Waals surface area contributed by atoms with Gasteiger partial charge in [-0.05, 0) is 35.4 Å². The van der Waals surface area contributed by atoms with Gasteiger partial charge >= 0.3 is 5.97 Å². The SMILES string of the molecule is CC(=O)OC1CC[C@H](C)[C@H](CCO[Si](C(C)C)(C(C)C)C(C)C)O1. The first-order valence-corrected chi connectivity index (χ1v) is 11.7. The summed E-state index contributed by atoms with van der Waals surface area (Å²) in [5, 5.41) is 0. The van der Waals surface area contributed by atoms with Gasteiger partial charge in [0.1, 0.15) is 0 Å². The first-order chi connectivity index (χ1) is 11.1. The van der Waals surface area contributed by atoms with Crippen LogP contribution >= 0.6 is 0 Å². The van der Waals surface area contributed by atoms with E-state index in [-0.39, 0.29) is 18.4 Å². The van der Waals surface area contributed by atoms with Gasteiger partial charge in [-0.3, -0.25) is 4.79 Å². The highest BCUT2D eigenvalue weighted by Gasteiger charge is 2.45. The van der Waals surface area contributed by atoms with Crippen molar-refractivity contribution in [3.05, 3.63) is 0 Å². The first kappa shape index (κ1) is 21.6. The number of carbonyl (C=O) groups is 1. The van der Waals surface area contributed by atoms with Crippen molar-refractivity contribution in [3.8, 4) is 0 Å². The van der Waals surface area contributed by atoms with Gasteiger partial charge in [-0.15, -0.1) is 0 Å². The molecule has 0 aromatic carbocycles. The van der Waals surface area contributed by atoms with E-state index in [1.807, 2.05) is 0 Å². The lowest BCUT2D eigenvalue weighted by molar-refractivity contribution is -0.211. The molecule has 4 nitrogen and oxygen atoms in total. The first-order valence-electron chi connectivity index (χ1n) is 9.57. The Bertz CT molecular complexity index is 373. The molecule has 0 radical (unpaired) electrons. The minimum atomic E-state index is -1.82. The summed E-state index contributed by atoms with van der Waals surface area (Å²) < 4.78 is 17.9. The van der Waals surface area contributed by atoms with Crippen molar-refractivity contribution in [2.75, 3.05) is 6.61 Å². The van der Waals surface area contributed by atoms with E-state index in [4.69, 9.17) is 13.9 Å². The van der Waals surface area contributed by atoms with Crippen molar-refractivity contribution in [1.82, 2.24) is 0 Å². The summed E-state index contributed by atoms with van der Waals surface area (Å²) in [5.74, 6) is 0.212. The predicted molar refractivity (Wildman–Crippen MR) is 100 cm³/mol. The standard InChI is InChI=1S/C19H38O4Si/c1-13(2)24(14(3)4,15(5)6)21-12-11-18-16(7)9-10-19(23-18)22-17(8)20/h13-16,18-19H,9-12H2,1-8H3/t16-,18-,19?/m0/s1. The number of hydrogen-bond donors (Lipinski definition) is 0. The quantitative estimate of drug-likeness (QED) is 0.438. The van der Waals surface area contributed by atoms with Gasteiger partial charge in [0, 0.05) is 20.0 Å². The Hall–Kier alpha value is -0.393. The molecule has 0 aromatic rings. The second kappa shape index (κ2) is 9.34. The number of rotatable bonds is 8. The summed E-state index contributed by atoms with van der Waals surface area (Å²) in [4.78, 5) is 11.1. The van der Waals surface area contributed by atoms with Crippen molar-refractivity contribution >= 4 is 14.3 Å². The molecule has 1 saturated heterocycles. The Labute approximate surface area is 149 Å². The van der Waals surface area contributed by atoms with Gasteiger partial charge in [0.2, 0.25) is 6.29 Å². The minimum Gasteiger partial charge on any atom is -0.436 e. The predicted octanol–water partition coefficient (Wildman–Crippen LogP) is 5.27. The third-order valence-corrected chi connectivity index (χ3v) is 11.7. The molecule has 0 aliphatic carbocycles. The third-order valence-electron chi connectivity index (χ3n) is 5.58. The Morgan fingerprint density at radius 2 is 1.62 bits per heavy atom. The lowest BCUT2D eigenvalue weighted by Crippen LogP contribution is -2.48. The zero-order valence-corrected chi connectivity index (χ0v) is 17.9. The van der Waals surface area contributed by atoms with E-state index in [0.717, 1.165) is 25.9 Å². The number of carbonyl (C=O) groups excluding carboxylic acids is 1. The Kier molecular flexibility index (Phi) is 8.43. The number of ether oxygens (including phenoxy) is 2. The Balaban J connectivity index is 2.64. The van der Waals surface area contributed by atoms with Gasteiger partial charge < -0.3 is 13.9 Å². The smallest absolute Gasteiger partial charge is 0.304 e. The molecule has 1 fully saturated rings. The van der Waals surface area contributed by atoms with Crippen LogP contribution in [0.15, 0.2) is 0 Å². The molecule has 0 bridgehead atoms. The van der Waals surface area contributed by atoms with E-state index in [9.17, 15) is 4.79 Å². The summed E-state index contributed by atoms with van der Waals surface area (Å²) in [5.41, 5.74) is 1.78. The maximum absolute atomic E-state index is 11.1. The molecule has 0 amide bonds. The summed E-state index contributed by atoms with van der Waals surface area (Å²) >= 11 is 0. The fourth-order valence-corrected chi connectivity index (χ4v) is 9.93. The summed E-state index contributed by atoms with van der Waals surface area (Å²) in [6.45, 7) is 18.2. The van der Waals surface area contributed by atoms with Gasteiger partial charge in [0.15, 0.2) is 8.32 Å². The number of hydrogen-bond acceptors (Lipinski definition) is 4. The van der Waals surface area contributed by atoms with Gasteiger partial charge in [0.05, 0.1) is 6.10 Å². The molecule has 1 aliphatic rings. The maximum Gasteiger partial charge on any atom is 0.304 e. The molecule has 0 spiro atoms. The topological polar surface area (TPSA) is 44.8 Å². The van der Waals surface area contributed by atoms with Crippen molar-refractivity contribution in [3.63, 3.8) is 0 Å². The summed E-state index contributed by atoms with van der Waals surface area (Å²) in [6, 6.07) is 0. The van der Waals surface area contributed by atoms with Crippen molar-refractivity contribution in [2.45, 2.75) is 104 Å². The van der Waals surface area contributed by atoms with E-state index in [2.05, 4.69) is 48.5 Å². The molecular weight excluding hydrogens is 320 g/mol. The lowest BCUT2D eigenvalue weighted by atomic mass is 9.94. The summed E-state index contributed by atoms with van der Waals surface area (Å²) in [7, 11) is -1.82. The van der Waals surface area contributed by atoms with E-state index in [1.165, 1.54) is 6.92 Å². The molecule has 1 aliphatic heterocycles. The second-order valence-electron chi connectivity index (χ2n) is 8.22. The zero-order valence-electron chi connectivity index (χ0n) is 16.9. The van der Waals surface area contributed by atoms with Gasteiger partial charge in [0.25, 0.3) is 0 Å². The molecule has 3 atom stereocenters.